The number of nitrogens with zero attached hydrogens (tertiary/aromatic N) is 1. The molecule has 26 heavy (non-hydrogen) atoms. The van der Waals surface area contributed by atoms with E-state index in [1.54, 1.807) is 0 Å². The molecule has 2 atom stereocenters. The third-order valence-electron chi connectivity index (χ3n) is 5.77. The molecule has 2 aromatic carbocycles. The summed E-state index contributed by atoms with van der Waals surface area (Å²) in [6.45, 7) is 5.57. The number of aryl methyl sites for hydroxylation is 2. The van der Waals surface area contributed by atoms with E-state index < -0.39 is 11.5 Å². The fourth-order valence-electron chi connectivity index (χ4n) is 3.87. The van der Waals surface area contributed by atoms with Gasteiger partial charge >= 0.3 is 0 Å². The number of carbonyl (C=O) groups excluding carboxylic acids is 1. The molecule has 138 valence electrons. The number of piperidine rings is 1. The Hall–Kier alpha value is -1.97. The second-order valence-electron chi connectivity index (χ2n) is 7.45. The summed E-state index contributed by atoms with van der Waals surface area (Å²) in [4.78, 5) is 15.4. The lowest BCUT2D eigenvalue weighted by molar-refractivity contribution is -0.0594. The van der Waals surface area contributed by atoms with E-state index in [4.69, 9.17) is 0 Å². The summed E-state index contributed by atoms with van der Waals surface area (Å²) in [5.74, 6) is -0.428. The standard InChI is InChI=1S/C23H29NO2/c1-4-17-6-10-19(11-7-17)22(25)21-16-24(3)15-14-23(21,26)20-12-8-18(5-2)9-13-20/h6-13,21,26H,4-5,14-16H2,1-3H3. The van der Waals surface area contributed by atoms with Crippen LogP contribution in [-0.2, 0) is 18.4 Å². The van der Waals surface area contributed by atoms with Gasteiger partial charge in [-0.2, -0.15) is 0 Å². The molecular weight excluding hydrogens is 322 g/mol. The van der Waals surface area contributed by atoms with Crippen molar-refractivity contribution in [3.05, 3.63) is 70.8 Å². The zero-order valence-electron chi connectivity index (χ0n) is 16.0. The largest absolute Gasteiger partial charge is 0.384 e. The highest BCUT2D eigenvalue weighted by Crippen LogP contribution is 2.39. The Kier molecular flexibility index (Phi) is 5.59. The Morgan fingerprint density at radius 3 is 2.12 bits per heavy atom. The number of aliphatic hydroxyl groups is 1. The first kappa shape index (κ1) is 18.8. The van der Waals surface area contributed by atoms with Crippen molar-refractivity contribution < 1.29 is 9.90 Å². The molecule has 3 nitrogen and oxygen atoms in total. The van der Waals surface area contributed by atoms with Crippen LogP contribution in [0.5, 0.6) is 0 Å². The first-order valence-electron chi connectivity index (χ1n) is 9.61. The van der Waals surface area contributed by atoms with Gasteiger partial charge in [-0.25, -0.2) is 0 Å². The highest BCUT2D eigenvalue weighted by molar-refractivity contribution is 5.99. The maximum Gasteiger partial charge on any atom is 0.170 e. The van der Waals surface area contributed by atoms with Gasteiger partial charge in [-0.1, -0.05) is 62.4 Å². The number of hydrogen-bond donors (Lipinski definition) is 1. The number of Topliss-reactive ketones (excluding diaryl/α,β-unsaturated/α-hetero) is 1. The average molecular weight is 351 g/mol. The molecule has 2 unspecified atom stereocenters. The highest BCUT2D eigenvalue weighted by Gasteiger charge is 2.46. The van der Waals surface area contributed by atoms with Crippen molar-refractivity contribution in [2.24, 2.45) is 5.92 Å². The lowest BCUT2D eigenvalue weighted by Crippen LogP contribution is -2.52. The molecule has 1 aliphatic heterocycles. The summed E-state index contributed by atoms with van der Waals surface area (Å²) < 4.78 is 0. The third kappa shape index (κ3) is 3.60. The Morgan fingerprint density at radius 2 is 1.58 bits per heavy atom. The summed E-state index contributed by atoms with van der Waals surface area (Å²) in [7, 11) is 2.01. The third-order valence-corrected chi connectivity index (χ3v) is 5.77. The Bertz CT molecular complexity index is 751. The van der Waals surface area contributed by atoms with Gasteiger partial charge in [0.05, 0.1) is 5.92 Å². The molecule has 1 aliphatic rings. The summed E-state index contributed by atoms with van der Waals surface area (Å²) in [6.07, 6.45) is 2.49. The maximum absolute atomic E-state index is 13.3. The maximum atomic E-state index is 13.3. The molecule has 1 fully saturated rings. The van der Waals surface area contributed by atoms with Crippen molar-refractivity contribution in [2.45, 2.75) is 38.7 Å². The molecular formula is C23H29NO2. The van der Waals surface area contributed by atoms with Crippen molar-refractivity contribution in [3.8, 4) is 0 Å². The smallest absolute Gasteiger partial charge is 0.170 e. The van der Waals surface area contributed by atoms with Crippen LogP contribution in [0.2, 0.25) is 0 Å². The lowest BCUT2D eigenvalue weighted by atomic mass is 9.72. The van der Waals surface area contributed by atoms with Crippen molar-refractivity contribution in [1.29, 1.82) is 0 Å². The second-order valence-corrected chi connectivity index (χ2v) is 7.45. The molecule has 1 heterocycles. The number of likely N-dealkylation sites (tertiary alicyclic amines) is 1. The zero-order chi connectivity index (χ0) is 18.7. The molecule has 0 aliphatic carbocycles. The van der Waals surface area contributed by atoms with Crippen LogP contribution in [0.25, 0.3) is 0 Å². The minimum absolute atomic E-state index is 0.0290. The van der Waals surface area contributed by atoms with Gasteiger partial charge in [0, 0.05) is 18.7 Å². The quantitative estimate of drug-likeness (QED) is 0.832. The molecule has 0 aromatic heterocycles. The Morgan fingerprint density at radius 1 is 1.04 bits per heavy atom. The zero-order valence-corrected chi connectivity index (χ0v) is 16.0. The number of hydrogen-bond acceptors (Lipinski definition) is 3. The Labute approximate surface area is 156 Å². The predicted molar refractivity (Wildman–Crippen MR) is 105 cm³/mol. The first-order valence-corrected chi connectivity index (χ1v) is 9.61. The van der Waals surface area contributed by atoms with Crippen LogP contribution in [0.3, 0.4) is 0 Å². The van der Waals surface area contributed by atoms with E-state index in [2.05, 4.69) is 30.9 Å². The van der Waals surface area contributed by atoms with Crippen LogP contribution in [0.15, 0.2) is 48.5 Å². The van der Waals surface area contributed by atoms with Crippen molar-refractivity contribution >= 4 is 5.78 Å². The number of rotatable bonds is 5. The fourth-order valence-corrected chi connectivity index (χ4v) is 3.87. The van der Waals surface area contributed by atoms with E-state index in [1.807, 2.05) is 43.4 Å². The SMILES string of the molecule is CCc1ccc(C(=O)C2CN(C)CCC2(O)c2ccc(CC)cc2)cc1. The van der Waals surface area contributed by atoms with Crippen LogP contribution in [-0.4, -0.2) is 35.9 Å². The molecule has 1 saturated heterocycles. The topological polar surface area (TPSA) is 40.5 Å². The fraction of sp³-hybridized carbons (Fsp3) is 0.435. The average Bonchev–Trinajstić information content (AvgIpc) is 2.69. The summed E-state index contributed by atoms with van der Waals surface area (Å²) in [5.41, 5.74) is 2.88. The summed E-state index contributed by atoms with van der Waals surface area (Å²) in [5, 5.41) is 11.6. The van der Waals surface area contributed by atoms with Crippen LogP contribution in [0, 0.1) is 5.92 Å². The first-order chi connectivity index (χ1) is 12.5. The molecule has 3 heteroatoms. The second kappa shape index (κ2) is 7.73. The summed E-state index contributed by atoms with van der Waals surface area (Å²) >= 11 is 0. The number of carbonyl (C=O) groups is 1. The minimum Gasteiger partial charge on any atom is -0.384 e. The molecule has 0 saturated carbocycles. The van der Waals surface area contributed by atoms with Crippen LogP contribution in [0.1, 0.15) is 47.3 Å². The van der Waals surface area contributed by atoms with Gasteiger partial charge in [0.15, 0.2) is 5.78 Å². The van der Waals surface area contributed by atoms with Gasteiger partial charge in [0.2, 0.25) is 0 Å². The molecule has 2 aromatic rings. The van der Waals surface area contributed by atoms with Crippen LogP contribution < -0.4 is 0 Å². The molecule has 0 radical (unpaired) electrons. The predicted octanol–water partition coefficient (Wildman–Crippen LogP) is 3.83. The lowest BCUT2D eigenvalue weighted by Gasteiger charge is -2.43. The monoisotopic (exact) mass is 351 g/mol. The van der Waals surface area contributed by atoms with Gasteiger partial charge in [-0.05, 0) is 43.0 Å². The molecule has 0 amide bonds. The normalized spacial score (nSPS) is 23.8. The van der Waals surface area contributed by atoms with Gasteiger partial charge in [-0.3, -0.25) is 4.79 Å². The minimum atomic E-state index is -1.11. The van der Waals surface area contributed by atoms with Gasteiger partial charge < -0.3 is 10.0 Å². The van der Waals surface area contributed by atoms with E-state index >= 15 is 0 Å². The van der Waals surface area contributed by atoms with Crippen molar-refractivity contribution in [2.75, 3.05) is 20.1 Å². The summed E-state index contributed by atoms with van der Waals surface area (Å²) in [6, 6.07) is 15.9. The van der Waals surface area contributed by atoms with E-state index in [-0.39, 0.29) is 5.78 Å². The van der Waals surface area contributed by atoms with Crippen molar-refractivity contribution in [3.63, 3.8) is 0 Å². The van der Waals surface area contributed by atoms with Gasteiger partial charge in [-0.15, -0.1) is 0 Å². The highest BCUT2D eigenvalue weighted by atomic mass is 16.3. The molecule has 1 N–H and O–H groups in total. The van der Waals surface area contributed by atoms with E-state index in [0.29, 0.717) is 18.5 Å². The van der Waals surface area contributed by atoms with Gasteiger partial charge in [0.1, 0.15) is 5.60 Å². The molecule has 3 rings (SSSR count). The van der Waals surface area contributed by atoms with Crippen LogP contribution in [0.4, 0.5) is 0 Å². The van der Waals surface area contributed by atoms with Gasteiger partial charge in [0.25, 0.3) is 0 Å². The van der Waals surface area contributed by atoms with E-state index in [9.17, 15) is 9.90 Å². The van der Waals surface area contributed by atoms with E-state index in [1.165, 1.54) is 11.1 Å². The van der Waals surface area contributed by atoms with Crippen LogP contribution >= 0.6 is 0 Å². The van der Waals surface area contributed by atoms with Crippen molar-refractivity contribution in [1.82, 2.24) is 4.90 Å². The number of benzene rings is 2. The van der Waals surface area contributed by atoms with E-state index in [0.717, 1.165) is 24.9 Å². The Balaban J connectivity index is 1.94. The number of ketones is 1. The molecule has 0 spiro atoms. The molecule has 0 bridgehead atoms.